The van der Waals surface area contributed by atoms with E-state index in [0.29, 0.717) is 5.75 Å². The maximum Gasteiger partial charge on any atom is 0.115 e. The van der Waals surface area contributed by atoms with Crippen LogP contribution in [-0.2, 0) is 6.42 Å². The highest BCUT2D eigenvalue weighted by Crippen LogP contribution is 2.36. The zero-order chi connectivity index (χ0) is 19.8. The Hall–Kier alpha value is -3.58. The summed E-state index contributed by atoms with van der Waals surface area (Å²) >= 11 is 0. The van der Waals surface area contributed by atoms with Gasteiger partial charge in [0.25, 0.3) is 0 Å². The minimum Gasteiger partial charge on any atom is -0.508 e. The van der Waals surface area contributed by atoms with Gasteiger partial charge < -0.3 is 5.11 Å². The molecule has 0 fully saturated rings. The Labute approximate surface area is 170 Å². The zero-order valence-electron chi connectivity index (χ0n) is 16.4. The predicted octanol–water partition coefficient (Wildman–Crippen LogP) is 7.26. The SMILES string of the molecule is Cc1c(-c2ccc(O)cc2)cc2cc3ccccc3cc2c1Cc1ccccc1. The predicted molar refractivity (Wildman–Crippen MR) is 123 cm³/mol. The number of benzene rings is 5. The van der Waals surface area contributed by atoms with Crippen molar-refractivity contribution >= 4 is 21.5 Å². The number of phenols is 1. The van der Waals surface area contributed by atoms with Gasteiger partial charge in [0.05, 0.1) is 0 Å². The number of hydrogen-bond acceptors (Lipinski definition) is 1. The van der Waals surface area contributed by atoms with Crippen molar-refractivity contribution in [1.29, 1.82) is 0 Å². The first-order valence-corrected chi connectivity index (χ1v) is 9.97. The molecule has 0 amide bonds. The van der Waals surface area contributed by atoms with Crippen LogP contribution in [0.2, 0.25) is 0 Å². The molecule has 0 aromatic heterocycles. The Morgan fingerprint density at radius 2 is 1.31 bits per heavy atom. The van der Waals surface area contributed by atoms with Crippen LogP contribution in [0.25, 0.3) is 32.7 Å². The third kappa shape index (κ3) is 3.25. The Morgan fingerprint density at radius 3 is 2.03 bits per heavy atom. The molecule has 1 heteroatoms. The van der Waals surface area contributed by atoms with Gasteiger partial charge in [0.2, 0.25) is 0 Å². The molecule has 0 spiro atoms. The third-order valence-corrected chi connectivity index (χ3v) is 5.80. The molecule has 0 unspecified atom stereocenters. The van der Waals surface area contributed by atoms with Crippen LogP contribution < -0.4 is 0 Å². The van der Waals surface area contributed by atoms with Crippen LogP contribution in [0, 0.1) is 6.92 Å². The van der Waals surface area contributed by atoms with E-state index in [4.69, 9.17) is 0 Å². The second kappa shape index (κ2) is 7.10. The van der Waals surface area contributed by atoms with Crippen molar-refractivity contribution in [3.05, 3.63) is 114 Å². The maximum absolute atomic E-state index is 9.71. The van der Waals surface area contributed by atoms with Gasteiger partial charge in [-0.2, -0.15) is 0 Å². The van der Waals surface area contributed by atoms with Gasteiger partial charge in [-0.3, -0.25) is 0 Å². The molecule has 5 aromatic rings. The second-order valence-electron chi connectivity index (χ2n) is 7.66. The van der Waals surface area contributed by atoms with E-state index in [9.17, 15) is 5.11 Å². The highest BCUT2D eigenvalue weighted by atomic mass is 16.3. The topological polar surface area (TPSA) is 20.2 Å². The average Bonchev–Trinajstić information content (AvgIpc) is 2.76. The largest absolute Gasteiger partial charge is 0.508 e. The molecule has 0 saturated carbocycles. The molecule has 0 aliphatic heterocycles. The lowest BCUT2D eigenvalue weighted by Crippen LogP contribution is -1.97. The van der Waals surface area contributed by atoms with Crippen LogP contribution in [0.5, 0.6) is 5.75 Å². The molecule has 0 aliphatic rings. The molecule has 0 heterocycles. The fourth-order valence-electron chi connectivity index (χ4n) is 4.24. The summed E-state index contributed by atoms with van der Waals surface area (Å²) in [6.07, 6.45) is 0.896. The molecular weight excluding hydrogens is 352 g/mol. The second-order valence-corrected chi connectivity index (χ2v) is 7.66. The van der Waals surface area contributed by atoms with E-state index < -0.39 is 0 Å². The van der Waals surface area contributed by atoms with E-state index in [1.54, 1.807) is 12.1 Å². The third-order valence-electron chi connectivity index (χ3n) is 5.80. The quantitative estimate of drug-likeness (QED) is 0.329. The maximum atomic E-state index is 9.71. The standard InChI is InChI=1S/C28H22O/c1-19-26(21-11-13-25(29)14-12-21)18-24-16-22-9-5-6-10-23(22)17-28(24)27(19)15-20-7-3-2-4-8-20/h2-14,16-18,29H,15H2,1H3. The smallest absolute Gasteiger partial charge is 0.115 e. The molecular formula is C28H22O. The molecule has 0 radical (unpaired) electrons. The van der Waals surface area contributed by atoms with E-state index in [1.807, 2.05) is 12.1 Å². The van der Waals surface area contributed by atoms with Gasteiger partial charge in [-0.1, -0.05) is 66.7 Å². The van der Waals surface area contributed by atoms with E-state index in [-0.39, 0.29) is 0 Å². The van der Waals surface area contributed by atoms with Crippen LogP contribution >= 0.6 is 0 Å². The minimum absolute atomic E-state index is 0.294. The molecule has 0 bridgehead atoms. The first-order chi connectivity index (χ1) is 14.2. The van der Waals surface area contributed by atoms with Gasteiger partial charge in [-0.05, 0) is 93.0 Å². The molecule has 0 aliphatic carbocycles. The normalized spacial score (nSPS) is 11.2. The summed E-state index contributed by atoms with van der Waals surface area (Å²) in [5, 5.41) is 14.8. The Balaban J connectivity index is 1.80. The Bertz CT molecular complexity index is 1320. The van der Waals surface area contributed by atoms with Crippen LogP contribution in [0.1, 0.15) is 16.7 Å². The lowest BCUT2D eigenvalue weighted by Gasteiger charge is -2.17. The van der Waals surface area contributed by atoms with Gasteiger partial charge in [-0.15, -0.1) is 0 Å². The van der Waals surface area contributed by atoms with Gasteiger partial charge in [-0.25, -0.2) is 0 Å². The first-order valence-electron chi connectivity index (χ1n) is 9.97. The Kier molecular flexibility index (Phi) is 4.29. The summed E-state index contributed by atoms with van der Waals surface area (Å²) in [6, 6.07) is 33.6. The summed E-state index contributed by atoms with van der Waals surface area (Å²) < 4.78 is 0. The van der Waals surface area contributed by atoms with Crippen molar-refractivity contribution in [2.45, 2.75) is 13.3 Å². The van der Waals surface area contributed by atoms with Crippen molar-refractivity contribution in [1.82, 2.24) is 0 Å². The monoisotopic (exact) mass is 374 g/mol. The molecule has 29 heavy (non-hydrogen) atoms. The van der Waals surface area contributed by atoms with Crippen LogP contribution in [0.3, 0.4) is 0 Å². The van der Waals surface area contributed by atoms with Crippen molar-refractivity contribution in [3.63, 3.8) is 0 Å². The number of hydrogen-bond donors (Lipinski definition) is 1. The summed E-state index contributed by atoms with van der Waals surface area (Å²) in [6.45, 7) is 2.22. The van der Waals surface area contributed by atoms with Crippen LogP contribution in [0.15, 0.2) is 97.1 Å². The van der Waals surface area contributed by atoms with Crippen LogP contribution in [-0.4, -0.2) is 5.11 Å². The van der Waals surface area contributed by atoms with E-state index in [2.05, 4.69) is 79.7 Å². The highest BCUT2D eigenvalue weighted by Gasteiger charge is 2.13. The first kappa shape index (κ1) is 17.5. The Morgan fingerprint density at radius 1 is 0.655 bits per heavy atom. The summed E-state index contributed by atoms with van der Waals surface area (Å²) in [4.78, 5) is 0. The number of aromatic hydroxyl groups is 1. The van der Waals surface area contributed by atoms with Gasteiger partial charge in [0.1, 0.15) is 5.75 Å². The fraction of sp³-hybridized carbons (Fsp3) is 0.0714. The molecule has 0 atom stereocenters. The molecule has 1 nitrogen and oxygen atoms in total. The lowest BCUT2D eigenvalue weighted by atomic mass is 9.87. The summed E-state index contributed by atoms with van der Waals surface area (Å²) in [7, 11) is 0. The molecule has 5 rings (SSSR count). The van der Waals surface area contributed by atoms with Gasteiger partial charge >= 0.3 is 0 Å². The van der Waals surface area contributed by atoms with Crippen molar-refractivity contribution < 1.29 is 5.11 Å². The van der Waals surface area contributed by atoms with Crippen molar-refractivity contribution in [3.8, 4) is 16.9 Å². The number of fused-ring (bicyclic) bond motifs is 2. The van der Waals surface area contributed by atoms with E-state index >= 15 is 0 Å². The van der Waals surface area contributed by atoms with E-state index in [1.165, 1.54) is 43.8 Å². The summed E-state index contributed by atoms with van der Waals surface area (Å²) in [5.74, 6) is 0.294. The van der Waals surface area contributed by atoms with Crippen molar-refractivity contribution in [2.75, 3.05) is 0 Å². The highest BCUT2D eigenvalue weighted by molar-refractivity contribution is 6.02. The molecule has 140 valence electrons. The molecule has 5 aromatic carbocycles. The lowest BCUT2D eigenvalue weighted by molar-refractivity contribution is 0.475. The minimum atomic E-state index is 0.294. The number of rotatable bonds is 3. The molecule has 1 N–H and O–H groups in total. The van der Waals surface area contributed by atoms with Crippen LogP contribution in [0.4, 0.5) is 0 Å². The zero-order valence-corrected chi connectivity index (χ0v) is 16.4. The van der Waals surface area contributed by atoms with Crippen molar-refractivity contribution in [2.24, 2.45) is 0 Å². The fourth-order valence-corrected chi connectivity index (χ4v) is 4.24. The number of phenolic OH excluding ortho intramolecular Hbond substituents is 1. The molecule has 0 saturated heterocycles. The summed E-state index contributed by atoms with van der Waals surface area (Å²) in [5.41, 5.74) is 6.32. The van der Waals surface area contributed by atoms with Gasteiger partial charge in [0.15, 0.2) is 0 Å². The average molecular weight is 374 g/mol. The van der Waals surface area contributed by atoms with Gasteiger partial charge in [0, 0.05) is 0 Å². The van der Waals surface area contributed by atoms with E-state index in [0.717, 1.165) is 12.0 Å².